The van der Waals surface area contributed by atoms with Crippen molar-refractivity contribution in [1.29, 1.82) is 0 Å². The normalized spacial score (nSPS) is 10.5. The molecule has 0 aliphatic heterocycles. The van der Waals surface area contributed by atoms with E-state index in [-0.39, 0.29) is 0 Å². The molecule has 26 heavy (non-hydrogen) atoms. The van der Waals surface area contributed by atoms with E-state index in [0.717, 1.165) is 33.2 Å². The second-order valence-corrected chi connectivity index (χ2v) is 6.31. The molecule has 0 saturated heterocycles. The largest absolute Gasteiger partial charge is 0.325 e. The zero-order valence-corrected chi connectivity index (χ0v) is 15.3. The van der Waals surface area contributed by atoms with E-state index in [0.29, 0.717) is 5.82 Å². The van der Waals surface area contributed by atoms with Crippen LogP contribution < -0.4 is 5.32 Å². The summed E-state index contributed by atoms with van der Waals surface area (Å²) >= 11 is 3.37. The number of nitrogens with zero attached hydrogens (tertiary/aromatic N) is 4. The number of halogens is 1. The molecule has 6 heteroatoms. The summed E-state index contributed by atoms with van der Waals surface area (Å²) in [6.07, 6.45) is 1.76. The summed E-state index contributed by atoms with van der Waals surface area (Å²) in [5.74, 6) is 1.43. The molecule has 0 fully saturated rings. The zero-order chi connectivity index (χ0) is 17.8. The van der Waals surface area contributed by atoms with Crippen LogP contribution in [0, 0.1) is 0 Å². The molecule has 0 bridgehead atoms. The van der Waals surface area contributed by atoms with Crippen molar-refractivity contribution in [2.75, 3.05) is 5.32 Å². The van der Waals surface area contributed by atoms with Crippen LogP contribution in [0.5, 0.6) is 0 Å². The molecule has 0 amide bonds. The van der Waals surface area contributed by atoms with Gasteiger partial charge in [0.05, 0.1) is 22.8 Å². The lowest BCUT2D eigenvalue weighted by molar-refractivity contribution is 1.20. The van der Waals surface area contributed by atoms with Crippen LogP contribution in [0.25, 0.3) is 22.8 Å². The summed E-state index contributed by atoms with van der Waals surface area (Å²) in [6.45, 7) is 0. The van der Waals surface area contributed by atoms with Crippen molar-refractivity contribution in [3.8, 4) is 22.8 Å². The number of aromatic nitrogens is 4. The van der Waals surface area contributed by atoms with Crippen molar-refractivity contribution in [3.63, 3.8) is 0 Å². The highest BCUT2D eigenvalue weighted by Crippen LogP contribution is 2.22. The van der Waals surface area contributed by atoms with E-state index in [9.17, 15) is 0 Å². The fourth-order valence-electron chi connectivity index (χ4n) is 2.49. The van der Waals surface area contributed by atoms with E-state index >= 15 is 0 Å². The lowest BCUT2D eigenvalue weighted by Gasteiger charge is -2.08. The Balaban J connectivity index is 1.64. The molecule has 0 radical (unpaired) electrons. The van der Waals surface area contributed by atoms with Crippen molar-refractivity contribution in [2.24, 2.45) is 0 Å². The van der Waals surface area contributed by atoms with Crippen LogP contribution in [0.15, 0.2) is 83.6 Å². The number of hydrogen-bond acceptors (Lipinski definition) is 5. The third-order valence-electron chi connectivity index (χ3n) is 3.66. The van der Waals surface area contributed by atoms with Gasteiger partial charge in [-0.3, -0.25) is 4.98 Å². The number of anilines is 2. The standard InChI is InChI=1S/C20H14BrN5/c21-18-10-5-12-20(25-18)26-19-11-4-9-17(24-19)16-8-3-7-15(23-16)14-6-1-2-13-22-14/h1-13H,(H,24,25,26). The smallest absolute Gasteiger partial charge is 0.132 e. The van der Waals surface area contributed by atoms with E-state index in [1.165, 1.54) is 0 Å². The molecule has 1 N–H and O–H groups in total. The van der Waals surface area contributed by atoms with Gasteiger partial charge in [-0.25, -0.2) is 15.0 Å². The van der Waals surface area contributed by atoms with Crippen LogP contribution in [0.1, 0.15) is 0 Å². The van der Waals surface area contributed by atoms with Crippen LogP contribution >= 0.6 is 15.9 Å². The minimum absolute atomic E-state index is 0.707. The fraction of sp³-hybridized carbons (Fsp3) is 0. The summed E-state index contributed by atoms with van der Waals surface area (Å²) in [5, 5.41) is 3.21. The van der Waals surface area contributed by atoms with E-state index < -0.39 is 0 Å². The van der Waals surface area contributed by atoms with Gasteiger partial charge in [-0.1, -0.05) is 24.3 Å². The van der Waals surface area contributed by atoms with E-state index in [1.807, 2.05) is 72.8 Å². The van der Waals surface area contributed by atoms with Crippen molar-refractivity contribution in [3.05, 3.63) is 83.6 Å². The van der Waals surface area contributed by atoms with E-state index in [1.54, 1.807) is 6.20 Å². The summed E-state index contributed by atoms with van der Waals surface area (Å²) in [5.41, 5.74) is 3.22. The summed E-state index contributed by atoms with van der Waals surface area (Å²) < 4.78 is 0.767. The molecule has 0 spiro atoms. The van der Waals surface area contributed by atoms with Gasteiger partial charge in [-0.15, -0.1) is 0 Å². The van der Waals surface area contributed by atoms with Gasteiger partial charge in [0.25, 0.3) is 0 Å². The Morgan fingerprint density at radius 1 is 0.577 bits per heavy atom. The summed E-state index contributed by atoms with van der Waals surface area (Å²) in [4.78, 5) is 18.1. The minimum atomic E-state index is 0.707. The second kappa shape index (κ2) is 7.41. The highest BCUT2D eigenvalue weighted by molar-refractivity contribution is 9.10. The molecule has 0 saturated carbocycles. The first-order valence-corrected chi connectivity index (χ1v) is 8.83. The van der Waals surface area contributed by atoms with Gasteiger partial charge in [-0.05, 0) is 64.5 Å². The lowest BCUT2D eigenvalue weighted by Crippen LogP contribution is -1.98. The van der Waals surface area contributed by atoms with Gasteiger partial charge in [0, 0.05) is 6.20 Å². The number of nitrogens with one attached hydrogen (secondary N) is 1. The average Bonchev–Trinajstić information content (AvgIpc) is 2.69. The summed E-state index contributed by atoms with van der Waals surface area (Å²) in [6, 6.07) is 23.1. The van der Waals surface area contributed by atoms with Crippen molar-refractivity contribution in [1.82, 2.24) is 19.9 Å². The molecule has 0 aliphatic rings. The molecule has 4 aromatic heterocycles. The molecule has 126 valence electrons. The quantitative estimate of drug-likeness (QED) is 0.479. The molecular weight excluding hydrogens is 390 g/mol. The SMILES string of the molecule is Brc1cccc(Nc2cccc(-c3cccc(-c4ccccn4)n3)n2)n1. The Morgan fingerprint density at radius 3 is 1.92 bits per heavy atom. The predicted octanol–water partition coefficient (Wildman–Crippen LogP) is 5.11. The van der Waals surface area contributed by atoms with Gasteiger partial charge >= 0.3 is 0 Å². The maximum absolute atomic E-state index is 4.70. The van der Waals surface area contributed by atoms with Crippen LogP contribution in [-0.2, 0) is 0 Å². The number of pyridine rings is 4. The minimum Gasteiger partial charge on any atom is -0.325 e. The Hall–Kier alpha value is -3.12. The Morgan fingerprint density at radius 2 is 1.19 bits per heavy atom. The van der Waals surface area contributed by atoms with E-state index in [4.69, 9.17) is 4.98 Å². The van der Waals surface area contributed by atoms with Crippen LogP contribution in [0.3, 0.4) is 0 Å². The molecule has 0 unspecified atom stereocenters. The van der Waals surface area contributed by atoms with Gasteiger partial charge in [0.2, 0.25) is 0 Å². The average molecular weight is 404 g/mol. The third-order valence-corrected chi connectivity index (χ3v) is 4.10. The monoisotopic (exact) mass is 403 g/mol. The fourth-order valence-corrected chi connectivity index (χ4v) is 2.83. The molecule has 4 rings (SSSR count). The number of rotatable bonds is 4. The van der Waals surface area contributed by atoms with Gasteiger partial charge in [0.15, 0.2) is 0 Å². The molecule has 0 aliphatic carbocycles. The highest BCUT2D eigenvalue weighted by atomic mass is 79.9. The van der Waals surface area contributed by atoms with Crippen LogP contribution in [0.2, 0.25) is 0 Å². The molecule has 4 aromatic rings. The maximum atomic E-state index is 4.70. The van der Waals surface area contributed by atoms with Crippen molar-refractivity contribution >= 4 is 27.6 Å². The molecule has 4 heterocycles. The predicted molar refractivity (Wildman–Crippen MR) is 106 cm³/mol. The molecule has 0 atom stereocenters. The Labute approximate surface area is 159 Å². The highest BCUT2D eigenvalue weighted by Gasteiger charge is 2.06. The Bertz CT molecular complexity index is 1040. The van der Waals surface area contributed by atoms with Gasteiger partial charge < -0.3 is 5.32 Å². The van der Waals surface area contributed by atoms with Crippen LogP contribution in [0.4, 0.5) is 11.6 Å². The topological polar surface area (TPSA) is 63.6 Å². The second-order valence-electron chi connectivity index (χ2n) is 5.50. The first kappa shape index (κ1) is 16.4. The lowest BCUT2D eigenvalue weighted by atomic mass is 10.2. The van der Waals surface area contributed by atoms with Crippen molar-refractivity contribution in [2.45, 2.75) is 0 Å². The summed E-state index contributed by atoms with van der Waals surface area (Å²) in [7, 11) is 0. The van der Waals surface area contributed by atoms with Gasteiger partial charge in [-0.2, -0.15) is 0 Å². The maximum Gasteiger partial charge on any atom is 0.132 e. The van der Waals surface area contributed by atoms with Gasteiger partial charge in [0.1, 0.15) is 16.2 Å². The molecule has 5 nitrogen and oxygen atoms in total. The Kier molecular flexibility index (Phi) is 4.66. The zero-order valence-electron chi connectivity index (χ0n) is 13.7. The van der Waals surface area contributed by atoms with Crippen molar-refractivity contribution < 1.29 is 0 Å². The number of hydrogen-bond donors (Lipinski definition) is 1. The first-order chi connectivity index (χ1) is 12.8. The van der Waals surface area contributed by atoms with E-state index in [2.05, 4.69) is 36.2 Å². The first-order valence-electron chi connectivity index (χ1n) is 8.03. The van der Waals surface area contributed by atoms with Crippen LogP contribution in [-0.4, -0.2) is 19.9 Å². The molecular formula is C20H14BrN5. The molecule has 0 aromatic carbocycles. The third kappa shape index (κ3) is 3.75.